The molecule has 1 saturated heterocycles. The van der Waals surface area contributed by atoms with Gasteiger partial charge in [0.25, 0.3) is 0 Å². The molecule has 24 heavy (non-hydrogen) atoms. The van der Waals surface area contributed by atoms with Crippen LogP contribution in [0.3, 0.4) is 0 Å². The van der Waals surface area contributed by atoms with E-state index in [4.69, 9.17) is 16.3 Å². The predicted molar refractivity (Wildman–Crippen MR) is 100 cm³/mol. The SMILES string of the molecule is CCOc1ccc(/C=N/N2CCN(c3ccc(Cl)cc3)CC2)cc1. The standard InChI is InChI=1S/C19H22ClN3O/c1-2-24-19-9-3-16(4-10-19)15-21-23-13-11-22(12-14-23)18-7-5-17(20)6-8-18/h3-10,15H,2,11-14H2,1H3/b21-15+. The summed E-state index contributed by atoms with van der Waals surface area (Å²) in [7, 11) is 0. The lowest BCUT2D eigenvalue weighted by molar-refractivity contribution is 0.272. The summed E-state index contributed by atoms with van der Waals surface area (Å²) >= 11 is 5.95. The van der Waals surface area contributed by atoms with E-state index >= 15 is 0 Å². The fraction of sp³-hybridized carbons (Fsp3) is 0.316. The van der Waals surface area contributed by atoms with Gasteiger partial charge < -0.3 is 9.64 Å². The molecule has 2 aromatic carbocycles. The van der Waals surface area contributed by atoms with E-state index in [0.717, 1.165) is 42.5 Å². The summed E-state index contributed by atoms with van der Waals surface area (Å²) in [6.07, 6.45) is 1.91. The number of hydrogen-bond acceptors (Lipinski definition) is 4. The molecule has 5 heteroatoms. The van der Waals surface area contributed by atoms with E-state index in [1.165, 1.54) is 5.69 Å². The van der Waals surface area contributed by atoms with Crippen LogP contribution in [0, 0.1) is 0 Å². The normalized spacial score (nSPS) is 15.1. The Hall–Kier alpha value is -2.20. The molecule has 0 atom stereocenters. The van der Waals surface area contributed by atoms with Gasteiger partial charge in [-0.3, -0.25) is 5.01 Å². The third-order valence-electron chi connectivity index (χ3n) is 4.01. The maximum absolute atomic E-state index is 5.95. The van der Waals surface area contributed by atoms with Gasteiger partial charge >= 0.3 is 0 Å². The number of ether oxygens (including phenoxy) is 1. The average Bonchev–Trinajstić information content (AvgIpc) is 2.63. The van der Waals surface area contributed by atoms with Crippen molar-refractivity contribution in [1.82, 2.24) is 5.01 Å². The molecule has 0 aromatic heterocycles. The highest BCUT2D eigenvalue weighted by molar-refractivity contribution is 6.30. The Balaban J connectivity index is 1.52. The fourth-order valence-electron chi connectivity index (χ4n) is 2.69. The Kier molecular flexibility index (Phi) is 5.59. The second kappa shape index (κ2) is 8.06. The zero-order valence-corrected chi connectivity index (χ0v) is 14.6. The lowest BCUT2D eigenvalue weighted by atomic mass is 10.2. The molecule has 0 aliphatic carbocycles. The number of hydrogen-bond donors (Lipinski definition) is 0. The van der Waals surface area contributed by atoms with Gasteiger partial charge in [0.2, 0.25) is 0 Å². The Morgan fingerprint density at radius 2 is 1.67 bits per heavy atom. The van der Waals surface area contributed by atoms with Crippen LogP contribution in [-0.2, 0) is 0 Å². The van der Waals surface area contributed by atoms with E-state index in [0.29, 0.717) is 6.61 Å². The molecule has 1 fully saturated rings. The molecule has 1 aliphatic rings. The molecule has 3 rings (SSSR count). The summed E-state index contributed by atoms with van der Waals surface area (Å²) in [6, 6.07) is 16.0. The minimum Gasteiger partial charge on any atom is -0.494 e. The highest BCUT2D eigenvalue weighted by atomic mass is 35.5. The van der Waals surface area contributed by atoms with Crippen molar-refractivity contribution in [3.8, 4) is 5.75 Å². The predicted octanol–water partition coefficient (Wildman–Crippen LogP) is 3.89. The number of rotatable bonds is 5. The zero-order valence-electron chi connectivity index (χ0n) is 13.9. The van der Waals surface area contributed by atoms with Crippen LogP contribution in [0.5, 0.6) is 5.75 Å². The van der Waals surface area contributed by atoms with E-state index in [9.17, 15) is 0 Å². The molecule has 0 spiro atoms. The van der Waals surface area contributed by atoms with Crippen LogP contribution >= 0.6 is 11.6 Å². The first-order valence-corrected chi connectivity index (χ1v) is 8.64. The molecule has 0 saturated carbocycles. The van der Waals surface area contributed by atoms with Crippen molar-refractivity contribution in [2.24, 2.45) is 5.10 Å². The van der Waals surface area contributed by atoms with Gasteiger partial charge in [0, 0.05) is 23.8 Å². The number of piperazine rings is 1. The van der Waals surface area contributed by atoms with Gasteiger partial charge in [-0.15, -0.1) is 0 Å². The molecule has 0 bridgehead atoms. The molecule has 0 radical (unpaired) electrons. The van der Waals surface area contributed by atoms with Crippen LogP contribution in [-0.4, -0.2) is 44.0 Å². The van der Waals surface area contributed by atoms with Crippen molar-refractivity contribution in [3.05, 3.63) is 59.1 Å². The van der Waals surface area contributed by atoms with E-state index in [2.05, 4.69) is 27.1 Å². The van der Waals surface area contributed by atoms with Crippen LogP contribution < -0.4 is 9.64 Å². The lowest BCUT2D eigenvalue weighted by Crippen LogP contribution is -2.44. The largest absolute Gasteiger partial charge is 0.494 e. The molecule has 4 nitrogen and oxygen atoms in total. The summed E-state index contributed by atoms with van der Waals surface area (Å²) in [5.74, 6) is 0.895. The molecule has 0 amide bonds. The van der Waals surface area contributed by atoms with Crippen molar-refractivity contribution in [2.75, 3.05) is 37.7 Å². The quantitative estimate of drug-likeness (QED) is 0.771. The van der Waals surface area contributed by atoms with Crippen molar-refractivity contribution < 1.29 is 4.74 Å². The monoisotopic (exact) mass is 343 g/mol. The number of hydrazone groups is 1. The number of anilines is 1. The Bertz CT molecular complexity index is 662. The summed E-state index contributed by atoms with van der Waals surface area (Å²) in [5, 5.41) is 7.48. The molecular formula is C19H22ClN3O. The summed E-state index contributed by atoms with van der Waals surface area (Å²) in [5.41, 5.74) is 2.30. The smallest absolute Gasteiger partial charge is 0.119 e. The zero-order chi connectivity index (χ0) is 16.8. The van der Waals surface area contributed by atoms with Crippen molar-refractivity contribution >= 4 is 23.5 Å². The Morgan fingerprint density at radius 1 is 1.00 bits per heavy atom. The number of benzene rings is 2. The second-order valence-electron chi connectivity index (χ2n) is 5.66. The van der Waals surface area contributed by atoms with Gasteiger partial charge in [-0.25, -0.2) is 0 Å². The van der Waals surface area contributed by atoms with Crippen molar-refractivity contribution in [1.29, 1.82) is 0 Å². The van der Waals surface area contributed by atoms with Gasteiger partial charge in [0.05, 0.1) is 25.9 Å². The minimum atomic E-state index is 0.686. The third-order valence-corrected chi connectivity index (χ3v) is 4.26. The maximum Gasteiger partial charge on any atom is 0.119 e. The second-order valence-corrected chi connectivity index (χ2v) is 6.10. The molecule has 1 aliphatic heterocycles. The topological polar surface area (TPSA) is 28.1 Å². The first-order valence-electron chi connectivity index (χ1n) is 8.27. The van der Waals surface area contributed by atoms with Crippen LogP contribution in [0.4, 0.5) is 5.69 Å². The number of halogens is 1. The fourth-order valence-corrected chi connectivity index (χ4v) is 2.81. The van der Waals surface area contributed by atoms with E-state index in [1.54, 1.807) is 0 Å². The van der Waals surface area contributed by atoms with E-state index in [-0.39, 0.29) is 0 Å². The maximum atomic E-state index is 5.95. The Morgan fingerprint density at radius 3 is 2.29 bits per heavy atom. The van der Waals surface area contributed by atoms with E-state index in [1.807, 2.05) is 49.5 Å². The van der Waals surface area contributed by atoms with Gasteiger partial charge in [0.1, 0.15) is 5.75 Å². The van der Waals surface area contributed by atoms with Crippen LogP contribution in [0.25, 0.3) is 0 Å². The lowest BCUT2D eigenvalue weighted by Gasteiger charge is -2.34. The molecule has 0 N–H and O–H groups in total. The van der Waals surface area contributed by atoms with Crippen molar-refractivity contribution in [2.45, 2.75) is 6.92 Å². The molecule has 126 valence electrons. The molecule has 2 aromatic rings. The minimum absolute atomic E-state index is 0.686. The number of nitrogens with zero attached hydrogens (tertiary/aromatic N) is 3. The van der Waals surface area contributed by atoms with Gasteiger partial charge in [-0.05, 0) is 61.0 Å². The van der Waals surface area contributed by atoms with E-state index < -0.39 is 0 Å². The highest BCUT2D eigenvalue weighted by Gasteiger charge is 2.15. The molecule has 1 heterocycles. The first-order chi connectivity index (χ1) is 11.7. The molecular weight excluding hydrogens is 322 g/mol. The van der Waals surface area contributed by atoms with Crippen LogP contribution in [0.2, 0.25) is 5.02 Å². The van der Waals surface area contributed by atoms with Gasteiger partial charge in [-0.2, -0.15) is 5.10 Å². The molecule has 0 unspecified atom stereocenters. The summed E-state index contributed by atoms with van der Waals surface area (Å²) in [4.78, 5) is 2.36. The van der Waals surface area contributed by atoms with Gasteiger partial charge in [0.15, 0.2) is 0 Å². The summed E-state index contributed by atoms with van der Waals surface area (Å²) in [6.45, 7) is 6.42. The van der Waals surface area contributed by atoms with Crippen LogP contribution in [0.1, 0.15) is 12.5 Å². The highest BCUT2D eigenvalue weighted by Crippen LogP contribution is 2.19. The van der Waals surface area contributed by atoms with Crippen molar-refractivity contribution in [3.63, 3.8) is 0 Å². The van der Waals surface area contributed by atoms with Gasteiger partial charge in [-0.1, -0.05) is 11.6 Å². The third kappa shape index (κ3) is 4.42. The first kappa shape index (κ1) is 16.7. The average molecular weight is 344 g/mol. The summed E-state index contributed by atoms with van der Waals surface area (Å²) < 4.78 is 5.45. The van der Waals surface area contributed by atoms with Crippen LogP contribution in [0.15, 0.2) is 53.6 Å². The Labute approximate surface area is 148 Å².